The molecular formula is C29H38F2N4O4. The third kappa shape index (κ3) is 8.31. The molecule has 3 rings (SSSR count). The molecule has 1 aliphatic heterocycles. The molecule has 39 heavy (non-hydrogen) atoms. The van der Waals surface area contributed by atoms with Crippen molar-refractivity contribution in [3.8, 4) is 0 Å². The van der Waals surface area contributed by atoms with Crippen LogP contribution in [0.15, 0.2) is 42.5 Å². The molecule has 2 aromatic rings. The molecule has 3 amide bonds. The molecule has 3 N–H and O–H groups in total. The van der Waals surface area contributed by atoms with Crippen LogP contribution in [0.1, 0.15) is 37.5 Å². The van der Waals surface area contributed by atoms with Crippen LogP contribution in [0, 0.1) is 17.6 Å². The molecule has 0 bridgehead atoms. The van der Waals surface area contributed by atoms with Crippen molar-refractivity contribution in [1.29, 1.82) is 0 Å². The second-order valence-corrected chi connectivity index (χ2v) is 10.4. The van der Waals surface area contributed by atoms with Gasteiger partial charge in [0.1, 0.15) is 30.8 Å². The number of hydrogen-bond donors (Lipinski definition) is 3. The molecule has 1 aliphatic rings. The van der Waals surface area contributed by atoms with Crippen LogP contribution in [0.25, 0.3) is 0 Å². The number of carbonyl (C=O) groups excluding carboxylic acids is 3. The Morgan fingerprint density at radius 2 is 1.74 bits per heavy atom. The lowest BCUT2D eigenvalue weighted by molar-refractivity contribution is -0.157. The zero-order chi connectivity index (χ0) is 28.7. The molecule has 1 fully saturated rings. The zero-order valence-corrected chi connectivity index (χ0v) is 22.9. The lowest BCUT2D eigenvalue weighted by atomic mass is 9.98. The summed E-state index contributed by atoms with van der Waals surface area (Å²) in [6.45, 7) is 5.69. The molecule has 0 aliphatic carbocycles. The highest BCUT2D eigenvalue weighted by Crippen LogP contribution is 2.18. The van der Waals surface area contributed by atoms with Crippen molar-refractivity contribution in [2.45, 2.75) is 58.3 Å². The highest BCUT2D eigenvalue weighted by atomic mass is 19.1. The number of nitrogens with zero attached hydrogens (tertiary/aromatic N) is 2. The Morgan fingerprint density at radius 3 is 2.38 bits per heavy atom. The molecule has 0 radical (unpaired) electrons. The fourth-order valence-electron chi connectivity index (χ4n) is 4.88. The molecule has 3 atom stereocenters. The van der Waals surface area contributed by atoms with Gasteiger partial charge in [-0.15, -0.1) is 0 Å². The Kier molecular flexibility index (Phi) is 10.5. The molecule has 0 unspecified atom stereocenters. The first kappa shape index (κ1) is 30.2. The van der Waals surface area contributed by atoms with Gasteiger partial charge in [-0.25, -0.2) is 8.78 Å². The second kappa shape index (κ2) is 13.6. The van der Waals surface area contributed by atoms with Gasteiger partial charge in [0.15, 0.2) is 0 Å². The van der Waals surface area contributed by atoms with E-state index in [4.69, 9.17) is 0 Å². The smallest absolute Gasteiger partial charge is 0.246 e. The fourth-order valence-corrected chi connectivity index (χ4v) is 4.88. The van der Waals surface area contributed by atoms with E-state index in [9.17, 15) is 28.3 Å². The van der Waals surface area contributed by atoms with E-state index in [0.29, 0.717) is 6.54 Å². The maximum absolute atomic E-state index is 13.8. The molecular weight excluding hydrogens is 506 g/mol. The summed E-state index contributed by atoms with van der Waals surface area (Å²) in [5.41, 5.74) is 2.48. The summed E-state index contributed by atoms with van der Waals surface area (Å²) in [5.74, 6) is -2.86. The van der Waals surface area contributed by atoms with Gasteiger partial charge in [-0.1, -0.05) is 45.0 Å². The Labute approximate surface area is 228 Å². The molecule has 1 heterocycles. The van der Waals surface area contributed by atoms with E-state index in [2.05, 4.69) is 23.6 Å². The van der Waals surface area contributed by atoms with E-state index in [1.807, 2.05) is 32.0 Å². The van der Waals surface area contributed by atoms with Gasteiger partial charge in [0.2, 0.25) is 17.7 Å². The van der Waals surface area contributed by atoms with Gasteiger partial charge >= 0.3 is 0 Å². The zero-order valence-electron chi connectivity index (χ0n) is 22.9. The molecule has 0 aromatic heterocycles. The van der Waals surface area contributed by atoms with Crippen LogP contribution in [0.2, 0.25) is 0 Å². The molecule has 0 spiro atoms. The maximum Gasteiger partial charge on any atom is 0.246 e. The van der Waals surface area contributed by atoms with E-state index < -0.39 is 35.7 Å². The van der Waals surface area contributed by atoms with Crippen molar-refractivity contribution in [2.75, 3.05) is 26.7 Å². The normalized spacial score (nSPS) is 17.5. The van der Waals surface area contributed by atoms with Crippen molar-refractivity contribution >= 4 is 17.7 Å². The Balaban J connectivity index is 1.70. The van der Waals surface area contributed by atoms with Crippen LogP contribution in [-0.2, 0) is 33.8 Å². The predicted octanol–water partition coefficient (Wildman–Crippen LogP) is 2.03. The third-order valence-electron chi connectivity index (χ3n) is 6.94. The van der Waals surface area contributed by atoms with Crippen LogP contribution in [-0.4, -0.2) is 77.5 Å². The lowest BCUT2D eigenvalue weighted by Crippen LogP contribution is -2.62. The Bertz CT molecular complexity index is 1160. The van der Waals surface area contributed by atoms with Crippen LogP contribution >= 0.6 is 0 Å². The van der Waals surface area contributed by atoms with Gasteiger partial charge in [0, 0.05) is 26.2 Å². The van der Waals surface area contributed by atoms with Crippen molar-refractivity contribution in [3.05, 3.63) is 70.8 Å². The average Bonchev–Trinajstić information content (AvgIpc) is 2.86. The van der Waals surface area contributed by atoms with Crippen LogP contribution in [0.5, 0.6) is 0 Å². The number of benzene rings is 2. The number of aliphatic hydroxyl groups is 1. The quantitative estimate of drug-likeness (QED) is 0.380. The molecule has 0 saturated carbocycles. The number of rotatable bonds is 12. The monoisotopic (exact) mass is 544 g/mol. The number of likely N-dealkylation sites (N-methyl/N-ethyl adjacent to an activating group) is 1. The van der Waals surface area contributed by atoms with Crippen LogP contribution in [0.4, 0.5) is 8.78 Å². The highest BCUT2D eigenvalue weighted by molar-refractivity contribution is 5.97. The van der Waals surface area contributed by atoms with E-state index in [1.165, 1.54) is 15.4 Å². The standard InChI is InChI=1S/C29H38F2N4O4/c1-5-19-7-6-8-20(9-19)14-32-15-25(36)24(12-21-10-22(30)13-23(31)11-21)33-26(37)16-35-17-27(38)34(4)28(18(2)3)29(35)39/h6-11,13,18,24-25,28,32,36H,5,12,14-17H2,1-4H3,(H,33,37)/t24-,25-,28-/m0/s1. The maximum atomic E-state index is 13.8. The molecule has 8 nitrogen and oxygen atoms in total. The first-order chi connectivity index (χ1) is 18.5. The van der Waals surface area contributed by atoms with Crippen molar-refractivity contribution in [1.82, 2.24) is 20.4 Å². The highest BCUT2D eigenvalue weighted by Gasteiger charge is 2.39. The fraction of sp³-hybridized carbons (Fsp3) is 0.483. The predicted molar refractivity (Wildman–Crippen MR) is 144 cm³/mol. The average molecular weight is 545 g/mol. The summed E-state index contributed by atoms with van der Waals surface area (Å²) < 4.78 is 27.7. The van der Waals surface area contributed by atoms with Crippen molar-refractivity contribution < 1.29 is 28.3 Å². The van der Waals surface area contributed by atoms with Gasteiger partial charge in [-0.05, 0) is 47.6 Å². The Hall–Kier alpha value is -3.37. The number of hydrogen-bond acceptors (Lipinski definition) is 5. The summed E-state index contributed by atoms with van der Waals surface area (Å²) in [6.07, 6.45) is -0.254. The minimum atomic E-state index is -1.11. The number of aliphatic hydroxyl groups excluding tert-OH is 1. The molecule has 1 saturated heterocycles. The largest absolute Gasteiger partial charge is 0.390 e. The molecule has 2 aromatic carbocycles. The van der Waals surface area contributed by atoms with Gasteiger partial charge in [-0.3, -0.25) is 14.4 Å². The van der Waals surface area contributed by atoms with Crippen molar-refractivity contribution in [2.24, 2.45) is 5.92 Å². The molecule has 212 valence electrons. The number of amides is 3. The summed E-state index contributed by atoms with van der Waals surface area (Å²) in [7, 11) is 1.57. The van der Waals surface area contributed by atoms with Gasteiger partial charge < -0.3 is 25.5 Å². The van der Waals surface area contributed by atoms with Crippen molar-refractivity contribution in [3.63, 3.8) is 0 Å². The third-order valence-corrected chi connectivity index (χ3v) is 6.94. The summed E-state index contributed by atoms with van der Waals surface area (Å²) in [4.78, 5) is 41.0. The van der Waals surface area contributed by atoms with Crippen LogP contribution < -0.4 is 10.6 Å². The molecule has 10 heteroatoms. The van der Waals surface area contributed by atoms with E-state index >= 15 is 0 Å². The SMILES string of the molecule is CCc1cccc(CNC[C@H](O)[C@H](Cc2cc(F)cc(F)c2)NC(=O)CN2CC(=O)N(C)[C@@H](C(C)C)C2=O)c1. The Morgan fingerprint density at radius 1 is 1.08 bits per heavy atom. The van der Waals surface area contributed by atoms with E-state index in [0.717, 1.165) is 30.2 Å². The summed E-state index contributed by atoms with van der Waals surface area (Å²) in [5, 5.41) is 16.9. The van der Waals surface area contributed by atoms with E-state index in [-0.39, 0.29) is 49.4 Å². The first-order valence-corrected chi connectivity index (χ1v) is 13.2. The minimum absolute atomic E-state index is 0.0428. The van der Waals surface area contributed by atoms with E-state index in [1.54, 1.807) is 7.05 Å². The van der Waals surface area contributed by atoms with Gasteiger partial charge in [0.05, 0.1) is 12.1 Å². The summed E-state index contributed by atoms with van der Waals surface area (Å²) in [6, 6.07) is 9.48. The van der Waals surface area contributed by atoms with Gasteiger partial charge in [0.25, 0.3) is 0 Å². The number of carbonyl (C=O) groups is 3. The number of piperazine rings is 1. The number of halogens is 2. The minimum Gasteiger partial charge on any atom is -0.390 e. The number of aryl methyl sites for hydroxylation is 1. The first-order valence-electron chi connectivity index (χ1n) is 13.2. The van der Waals surface area contributed by atoms with Crippen LogP contribution in [0.3, 0.4) is 0 Å². The van der Waals surface area contributed by atoms with Gasteiger partial charge in [-0.2, -0.15) is 0 Å². The number of nitrogens with one attached hydrogen (secondary N) is 2. The summed E-state index contributed by atoms with van der Waals surface area (Å²) >= 11 is 0. The second-order valence-electron chi connectivity index (χ2n) is 10.4. The topological polar surface area (TPSA) is 102 Å². The lowest BCUT2D eigenvalue weighted by Gasteiger charge is -2.40.